The Morgan fingerprint density at radius 1 is 1.12 bits per heavy atom. The van der Waals surface area contributed by atoms with Gasteiger partial charge in [0.1, 0.15) is 23.4 Å². The van der Waals surface area contributed by atoms with Crippen molar-refractivity contribution in [1.82, 2.24) is 14.9 Å². The Morgan fingerprint density at radius 2 is 1.76 bits per heavy atom. The maximum absolute atomic E-state index is 13.2. The van der Waals surface area contributed by atoms with Crippen molar-refractivity contribution in [3.8, 4) is 0 Å². The summed E-state index contributed by atoms with van der Waals surface area (Å²) in [7, 11) is -3.68. The highest BCUT2D eigenvalue weighted by atomic mass is 35.5. The Labute approximate surface area is 201 Å². The highest BCUT2D eigenvalue weighted by Gasteiger charge is 2.22. The van der Waals surface area contributed by atoms with Crippen molar-refractivity contribution in [2.45, 2.75) is 44.5 Å². The molecule has 0 unspecified atom stereocenters. The van der Waals surface area contributed by atoms with Gasteiger partial charge in [0.25, 0.3) is 11.5 Å². The number of nitrogens with zero attached hydrogens (tertiary/aromatic N) is 2. The van der Waals surface area contributed by atoms with Crippen molar-refractivity contribution in [2.75, 3.05) is 6.26 Å². The molecule has 34 heavy (non-hydrogen) atoms. The molecule has 0 saturated heterocycles. The fraction of sp³-hybridized carbons (Fsp3) is 0.304. The number of nitrogens with one attached hydrogen (secondary N) is 1. The van der Waals surface area contributed by atoms with Crippen molar-refractivity contribution >= 4 is 44.3 Å². The van der Waals surface area contributed by atoms with Crippen LogP contribution in [0.4, 0.5) is 0 Å². The monoisotopic (exact) mass is 505 g/mol. The molecule has 1 N–H and O–H groups in total. The summed E-state index contributed by atoms with van der Waals surface area (Å²) >= 11 is 5.87. The van der Waals surface area contributed by atoms with Gasteiger partial charge in [-0.15, -0.1) is 0 Å². The van der Waals surface area contributed by atoms with Gasteiger partial charge in [0, 0.05) is 23.2 Å². The van der Waals surface area contributed by atoms with Gasteiger partial charge < -0.3 is 10.1 Å². The zero-order valence-electron chi connectivity index (χ0n) is 19.1. The summed E-state index contributed by atoms with van der Waals surface area (Å²) in [5.41, 5.74) is -1.11. The Morgan fingerprint density at radius 3 is 2.35 bits per heavy atom. The van der Waals surface area contributed by atoms with Crippen LogP contribution in [0.1, 0.15) is 36.7 Å². The summed E-state index contributed by atoms with van der Waals surface area (Å²) in [5.74, 6) is -1.40. The molecule has 3 rings (SSSR count). The molecule has 0 fully saturated rings. The third kappa shape index (κ3) is 6.21. The van der Waals surface area contributed by atoms with E-state index in [0.29, 0.717) is 10.4 Å². The molecule has 2 aromatic heterocycles. The van der Waals surface area contributed by atoms with Gasteiger partial charge in [-0.05, 0) is 56.7 Å². The van der Waals surface area contributed by atoms with Gasteiger partial charge in [0.05, 0.1) is 0 Å². The van der Waals surface area contributed by atoms with E-state index >= 15 is 0 Å². The van der Waals surface area contributed by atoms with Gasteiger partial charge in [0.15, 0.2) is 14.9 Å². The van der Waals surface area contributed by atoms with Gasteiger partial charge in [-0.1, -0.05) is 23.7 Å². The second-order valence-electron chi connectivity index (χ2n) is 8.68. The second-order valence-corrected chi connectivity index (χ2v) is 11.1. The van der Waals surface area contributed by atoms with Crippen LogP contribution in [0.5, 0.6) is 0 Å². The number of rotatable bonds is 6. The normalized spacial score (nSPS) is 11.9. The molecular formula is C23H24ClN3O6S. The molecule has 0 aliphatic rings. The van der Waals surface area contributed by atoms with Crippen LogP contribution in [0.15, 0.2) is 52.3 Å². The first-order valence-electron chi connectivity index (χ1n) is 10.2. The predicted octanol–water partition coefficient (Wildman–Crippen LogP) is 2.73. The van der Waals surface area contributed by atoms with E-state index in [1.54, 1.807) is 45.0 Å². The third-order valence-corrected chi connectivity index (χ3v) is 5.85. The zero-order valence-corrected chi connectivity index (χ0v) is 20.7. The number of carbonyl (C=O) groups is 2. The number of halogens is 1. The van der Waals surface area contributed by atoms with E-state index in [2.05, 4.69) is 10.3 Å². The maximum Gasteiger partial charge on any atom is 0.326 e. The molecule has 0 saturated carbocycles. The van der Waals surface area contributed by atoms with E-state index < -0.39 is 39.4 Å². The van der Waals surface area contributed by atoms with Gasteiger partial charge in [-0.2, -0.15) is 0 Å². The lowest BCUT2D eigenvalue weighted by atomic mass is 10.1. The summed E-state index contributed by atoms with van der Waals surface area (Å²) in [4.78, 5) is 42.7. The Hall–Kier alpha value is -3.24. The molecule has 180 valence electrons. The van der Waals surface area contributed by atoms with Gasteiger partial charge in [-0.3, -0.25) is 19.0 Å². The van der Waals surface area contributed by atoms with E-state index in [1.165, 1.54) is 18.2 Å². The molecule has 11 heteroatoms. The van der Waals surface area contributed by atoms with Crippen molar-refractivity contribution in [3.05, 3.63) is 69.0 Å². The number of sulfone groups is 1. The standard InChI is InChI=1S/C23H24ClN3O6S/c1-23(2,3)33-19(28)13-27-20-15(7-10-18(26-20)34(4,31)32)11-17(22(27)30)21(29)25-12-14-5-8-16(24)9-6-14/h5-11H,12-13H2,1-4H3,(H,25,29). The lowest BCUT2D eigenvalue weighted by molar-refractivity contribution is -0.155. The average molecular weight is 506 g/mol. The van der Waals surface area contributed by atoms with Gasteiger partial charge in [-0.25, -0.2) is 13.4 Å². The van der Waals surface area contributed by atoms with Gasteiger partial charge in [0.2, 0.25) is 0 Å². The largest absolute Gasteiger partial charge is 0.459 e. The van der Waals surface area contributed by atoms with Crippen LogP contribution in [0.25, 0.3) is 11.0 Å². The fourth-order valence-corrected chi connectivity index (χ4v) is 3.82. The number of carbonyl (C=O) groups excluding carboxylic acids is 2. The summed E-state index contributed by atoms with van der Waals surface area (Å²) in [5, 5.41) is 3.26. The smallest absolute Gasteiger partial charge is 0.326 e. The predicted molar refractivity (Wildman–Crippen MR) is 128 cm³/mol. The Kier molecular flexibility index (Phi) is 7.13. The Balaban J connectivity index is 2.05. The Bertz CT molecular complexity index is 1420. The number of fused-ring (bicyclic) bond motifs is 1. The van der Waals surface area contributed by atoms with Crippen LogP contribution >= 0.6 is 11.6 Å². The van der Waals surface area contributed by atoms with Crippen molar-refractivity contribution < 1.29 is 22.7 Å². The van der Waals surface area contributed by atoms with Crippen LogP contribution < -0.4 is 10.9 Å². The minimum Gasteiger partial charge on any atom is -0.459 e. The lowest BCUT2D eigenvalue weighted by Gasteiger charge is -2.20. The minimum atomic E-state index is -3.68. The first kappa shape index (κ1) is 25.4. The first-order valence-corrected chi connectivity index (χ1v) is 12.5. The van der Waals surface area contributed by atoms with E-state index in [9.17, 15) is 22.8 Å². The molecular weight excluding hydrogens is 482 g/mol. The molecule has 0 radical (unpaired) electrons. The lowest BCUT2D eigenvalue weighted by Crippen LogP contribution is -2.36. The van der Waals surface area contributed by atoms with E-state index in [1.807, 2.05) is 0 Å². The van der Waals surface area contributed by atoms with E-state index in [-0.39, 0.29) is 22.8 Å². The molecule has 0 bridgehead atoms. The van der Waals surface area contributed by atoms with Crippen LogP contribution in [0.3, 0.4) is 0 Å². The number of esters is 1. The number of ether oxygens (including phenoxy) is 1. The van der Waals surface area contributed by atoms with Crippen LogP contribution in [0.2, 0.25) is 5.02 Å². The van der Waals surface area contributed by atoms with Crippen molar-refractivity contribution in [1.29, 1.82) is 0 Å². The molecule has 2 heterocycles. The maximum atomic E-state index is 13.2. The number of amides is 1. The third-order valence-electron chi connectivity index (χ3n) is 4.61. The molecule has 3 aromatic rings. The summed E-state index contributed by atoms with van der Waals surface area (Å²) in [6.07, 6.45) is 0.982. The molecule has 0 aliphatic carbocycles. The minimum absolute atomic E-state index is 0.0481. The molecule has 1 amide bonds. The topological polar surface area (TPSA) is 124 Å². The number of hydrogen-bond donors (Lipinski definition) is 1. The molecule has 0 atom stereocenters. The molecule has 9 nitrogen and oxygen atoms in total. The number of aromatic nitrogens is 2. The highest BCUT2D eigenvalue weighted by Crippen LogP contribution is 2.17. The first-order chi connectivity index (χ1) is 15.7. The fourth-order valence-electron chi connectivity index (χ4n) is 3.13. The summed E-state index contributed by atoms with van der Waals surface area (Å²) < 4.78 is 30.2. The average Bonchev–Trinajstić information content (AvgIpc) is 2.72. The van der Waals surface area contributed by atoms with E-state index in [0.717, 1.165) is 16.4 Å². The van der Waals surface area contributed by atoms with Gasteiger partial charge >= 0.3 is 5.97 Å². The van der Waals surface area contributed by atoms with Crippen LogP contribution in [-0.4, -0.2) is 41.7 Å². The quantitative estimate of drug-likeness (QED) is 0.510. The molecule has 0 spiro atoms. The zero-order chi connectivity index (χ0) is 25.3. The van der Waals surface area contributed by atoms with E-state index in [4.69, 9.17) is 16.3 Å². The number of benzene rings is 1. The molecule has 1 aromatic carbocycles. The molecule has 0 aliphatic heterocycles. The van der Waals surface area contributed by atoms with Crippen LogP contribution in [-0.2, 0) is 32.5 Å². The summed E-state index contributed by atoms with van der Waals surface area (Å²) in [6, 6.07) is 10.9. The summed E-state index contributed by atoms with van der Waals surface area (Å²) in [6.45, 7) is 4.61. The number of pyridine rings is 2. The van der Waals surface area contributed by atoms with Crippen molar-refractivity contribution in [2.24, 2.45) is 0 Å². The second kappa shape index (κ2) is 9.55. The number of hydrogen-bond acceptors (Lipinski definition) is 7. The van der Waals surface area contributed by atoms with Crippen LogP contribution in [0, 0.1) is 0 Å². The van der Waals surface area contributed by atoms with Crippen molar-refractivity contribution in [3.63, 3.8) is 0 Å². The SMILES string of the molecule is CC(C)(C)OC(=O)Cn1c(=O)c(C(=O)NCc2ccc(Cl)cc2)cc2ccc(S(C)(=O)=O)nc21. The highest BCUT2D eigenvalue weighted by molar-refractivity contribution is 7.90.